The summed E-state index contributed by atoms with van der Waals surface area (Å²) in [7, 11) is 0. The molecule has 44 heavy (non-hydrogen) atoms. The van der Waals surface area contributed by atoms with Crippen LogP contribution in [0.4, 0.5) is 4.39 Å². The molecule has 0 saturated carbocycles. The summed E-state index contributed by atoms with van der Waals surface area (Å²) in [5.74, 6) is 0.377. The summed E-state index contributed by atoms with van der Waals surface area (Å²) in [5.41, 5.74) is 8.60. The second-order valence-corrected chi connectivity index (χ2v) is 11.0. The van der Waals surface area contributed by atoms with Crippen LogP contribution in [0.5, 0.6) is 0 Å². The second-order valence-electron chi connectivity index (χ2n) is 11.0. The molecule has 0 bridgehead atoms. The summed E-state index contributed by atoms with van der Waals surface area (Å²) in [4.78, 5) is 8.85. The van der Waals surface area contributed by atoms with Gasteiger partial charge in [-0.05, 0) is 60.5 Å². The first-order valence-corrected chi connectivity index (χ1v) is 14.4. The molecule has 0 aliphatic heterocycles. The molecular formula is C39H31FIrN2O-2. The number of aryl methyl sites for hydroxylation is 1. The van der Waals surface area contributed by atoms with E-state index in [1.54, 1.807) is 12.3 Å². The zero-order chi connectivity index (χ0) is 29.8. The van der Waals surface area contributed by atoms with Gasteiger partial charge in [-0.1, -0.05) is 78.4 Å². The fourth-order valence-electron chi connectivity index (χ4n) is 5.29. The van der Waals surface area contributed by atoms with E-state index in [-0.39, 0.29) is 25.9 Å². The number of halogens is 1. The molecule has 5 heteroatoms. The Labute approximate surface area is 271 Å². The van der Waals surface area contributed by atoms with Crippen molar-refractivity contribution in [1.29, 1.82) is 0 Å². The Morgan fingerprint density at radius 1 is 0.750 bits per heavy atom. The predicted molar refractivity (Wildman–Crippen MR) is 173 cm³/mol. The molecule has 3 nitrogen and oxygen atoms in total. The van der Waals surface area contributed by atoms with Crippen LogP contribution in [0, 0.1) is 30.8 Å². The molecule has 0 saturated heterocycles. The minimum atomic E-state index is -0.299. The first kappa shape index (κ1) is 31.0. The van der Waals surface area contributed by atoms with Gasteiger partial charge in [-0.2, -0.15) is 0 Å². The van der Waals surface area contributed by atoms with Crippen molar-refractivity contribution < 1.29 is 28.9 Å². The SMILES string of the molecule is CC(C)Cc1ccnc(-c2[c-]cccc2)c1.Cc1ccnc(-c2[c-]ccc3c2oc2c(-c4ccccc4)c(F)ccc23)c1.[Ir]. The quantitative estimate of drug-likeness (QED) is 0.164. The molecule has 0 aliphatic rings. The van der Waals surface area contributed by atoms with Gasteiger partial charge in [-0.25, -0.2) is 4.39 Å². The van der Waals surface area contributed by atoms with E-state index in [9.17, 15) is 4.39 Å². The van der Waals surface area contributed by atoms with E-state index >= 15 is 0 Å². The third kappa shape index (κ3) is 6.70. The van der Waals surface area contributed by atoms with Crippen molar-refractivity contribution in [2.75, 3.05) is 0 Å². The molecule has 7 aromatic rings. The number of hydrogen-bond donors (Lipinski definition) is 0. The topological polar surface area (TPSA) is 38.9 Å². The van der Waals surface area contributed by atoms with Crippen molar-refractivity contribution in [2.24, 2.45) is 5.92 Å². The zero-order valence-corrected chi connectivity index (χ0v) is 27.2. The van der Waals surface area contributed by atoms with Crippen molar-refractivity contribution in [3.8, 4) is 33.6 Å². The van der Waals surface area contributed by atoms with Crippen LogP contribution in [-0.2, 0) is 26.5 Å². The van der Waals surface area contributed by atoms with Crippen LogP contribution in [0.2, 0.25) is 0 Å². The smallest absolute Gasteiger partial charge is 0.134 e. The minimum absolute atomic E-state index is 0. The molecule has 221 valence electrons. The summed E-state index contributed by atoms with van der Waals surface area (Å²) < 4.78 is 21.0. The van der Waals surface area contributed by atoms with Crippen LogP contribution in [0.15, 0.2) is 120 Å². The van der Waals surface area contributed by atoms with Crippen molar-refractivity contribution >= 4 is 21.9 Å². The molecule has 1 radical (unpaired) electrons. The number of fused-ring (bicyclic) bond motifs is 3. The summed E-state index contributed by atoms with van der Waals surface area (Å²) in [6.45, 7) is 6.48. The van der Waals surface area contributed by atoms with Crippen LogP contribution >= 0.6 is 0 Å². The maximum Gasteiger partial charge on any atom is 0.134 e. The number of aromatic nitrogens is 2. The largest absolute Gasteiger partial charge is 0.500 e. The molecule has 3 heterocycles. The maximum atomic E-state index is 14.7. The van der Waals surface area contributed by atoms with E-state index in [0.717, 1.165) is 50.8 Å². The van der Waals surface area contributed by atoms with Gasteiger partial charge in [0.05, 0.1) is 11.1 Å². The first-order valence-electron chi connectivity index (χ1n) is 14.4. The van der Waals surface area contributed by atoms with E-state index in [1.807, 2.05) is 92.0 Å². The zero-order valence-electron chi connectivity index (χ0n) is 24.8. The first-order chi connectivity index (χ1) is 21.0. The van der Waals surface area contributed by atoms with Crippen molar-refractivity contribution in [3.63, 3.8) is 0 Å². The Bertz CT molecular complexity index is 2000. The maximum absolute atomic E-state index is 14.7. The molecular weight excluding hydrogens is 724 g/mol. The van der Waals surface area contributed by atoms with Gasteiger partial charge >= 0.3 is 0 Å². The summed E-state index contributed by atoms with van der Waals surface area (Å²) >= 11 is 0. The number of furan rings is 1. The molecule has 0 spiro atoms. The molecule has 7 rings (SSSR count). The van der Waals surface area contributed by atoms with Crippen LogP contribution in [0.3, 0.4) is 0 Å². The van der Waals surface area contributed by atoms with Gasteiger partial charge in [0, 0.05) is 37.9 Å². The van der Waals surface area contributed by atoms with Crippen LogP contribution in [-0.4, -0.2) is 9.97 Å². The predicted octanol–water partition coefficient (Wildman–Crippen LogP) is 10.3. The van der Waals surface area contributed by atoms with E-state index in [0.29, 0.717) is 22.6 Å². The number of nitrogens with zero attached hydrogens (tertiary/aromatic N) is 2. The fraction of sp³-hybridized carbons (Fsp3) is 0.128. The van der Waals surface area contributed by atoms with Crippen LogP contribution in [0.1, 0.15) is 25.0 Å². The summed E-state index contributed by atoms with van der Waals surface area (Å²) in [6, 6.07) is 39.2. The minimum Gasteiger partial charge on any atom is -0.500 e. The molecule has 3 aromatic heterocycles. The Hall–Kier alpha value is -4.44. The number of pyridine rings is 2. The van der Waals surface area contributed by atoms with E-state index in [4.69, 9.17) is 4.42 Å². The molecule has 0 fully saturated rings. The molecule has 0 unspecified atom stereocenters. The van der Waals surface area contributed by atoms with Crippen LogP contribution < -0.4 is 0 Å². The average Bonchev–Trinajstić information content (AvgIpc) is 3.41. The standard InChI is InChI=1S/C24H15FNO.C15H16N.Ir/c1-15-12-13-26-21(14-15)19-9-5-8-17-18-10-11-20(25)22(24(18)27-23(17)19)16-6-3-2-4-7-16;1-12(2)10-13-8-9-16-15(11-13)14-6-4-3-5-7-14;/h2-8,10-14H,1H3;3-6,8-9,11-12H,10H2,1-2H3;/q2*-1;. The third-order valence-corrected chi connectivity index (χ3v) is 7.24. The van der Waals surface area contributed by atoms with E-state index in [1.165, 1.54) is 11.6 Å². The van der Waals surface area contributed by atoms with Gasteiger partial charge in [-0.15, -0.1) is 54.1 Å². The Balaban J connectivity index is 0.000000194. The van der Waals surface area contributed by atoms with Gasteiger partial charge in [0.25, 0.3) is 0 Å². The fourth-order valence-corrected chi connectivity index (χ4v) is 5.29. The Kier molecular flexibility index (Phi) is 9.79. The van der Waals surface area contributed by atoms with E-state index < -0.39 is 0 Å². The number of hydrogen-bond acceptors (Lipinski definition) is 3. The van der Waals surface area contributed by atoms with Gasteiger partial charge < -0.3 is 14.4 Å². The molecule has 0 aliphatic carbocycles. The normalized spacial score (nSPS) is 10.8. The van der Waals surface area contributed by atoms with Crippen molar-refractivity contribution in [3.05, 3.63) is 145 Å². The Morgan fingerprint density at radius 2 is 1.50 bits per heavy atom. The molecule has 4 aromatic carbocycles. The van der Waals surface area contributed by atoms with Crippen LogP contribution in [0.25, 0.3) is 55.6 Å². The molecule has 0 atom stereocenters. The van der Waals surface area contributed by atoms with E-state index in [2.05, 4.69) is 48.1 Å². The third-order valence-electron chi connectivity index (χ3n) is 7.24. The number of rotatable bonds is 5. The average molecular weight is 755 g/mol. The summed E-state index contributed by atoms with van der Waals surface area (Å²) in [5, 5.41) is 1.81. The van der Waals surface area contributed by atoms with Gasteiger partial charge in [0.2, 0.25) is 0 Å². The van der Waals surface area contributed by atoms with Crippen molar-refractivity contribution in [2.45, 2.75) is 27.2 Å². The van der Waals surface area contributed by atoms with Crippen molar-refractivity contribution in [1.82, 2.24) is 9.97 Å². The van der Waals surface area contributed by atoms with Gasteiger partial charge in [-0.3, -0.25) is 0 Å². The van der Waals surface area contributed by atoms with Gasteiger partial charge in [0.1, 0.15) is 11.4 Å². The summed E-state index contributed by atoms with van der Waals surface area (Å²) in [6.07, 6.45) is 4.76. The monoisotopic (exact) mass is 755 g/mol. The second kappa shape index (κ2) is 13.9. The molecule has 0 amide bonds. The number of benzene rings is 4. The molecule has 0 N–H and O–H groups in total. The Morgan fingerprint density at radius 3 is 2.25 bits per heavy atom. The van der Waals surface area contributed by atoms with Gasteiger partial charge in [0.15, 0.2) is 0 Å².